The predicted octanol–water partition coefficient (Wildman–Crippen LogP) is 1.76. The van der Waals surface area contributed by atoms with E-state index in [9.17, 15) is 4.79 Å². The van der Waals surface area contributed by atoms with Gasteiger partial charge in [-0.2, -0.15) is 0 Å². The van der Waals surface area contributed by atoms with E-state index < -0.39 is 0 Å². The van der Waals surface area contributed by atoms with Gasteiger partial charge < -0.3 is 10.6 Å². The Morgan fingerprint density at radius 2 is 2.27 bits per heavy atom. The number of carbonyl (C=O) groups excluding carboxylic acids is 1. The third-order valence-electron chi connectivity index (χ3n) is 3.54. The molecule has 1 fully saturated rings. The second-order valence-corrected chi connectivity index (χ2v) is 4.51. The zero-order valence-corrected chi connectivity index (χ0v) is 10.0. The van der Waals surface area contributed by atoms with Crippen LogP contribution in [-0.2, 0) is 4.79 Å². The first-order valence-electron chi connectivity index (χ1n) is 6.22. The molecule has 88 valence electrons. The molecule has 2 unspecified atom stereocenters. The molecule has 0 spiro atoms. The smallest absolute Gasteiger partial charge is 0.223 e. The SMILES string of the molecule is CCC(CN)CC(=O)N1CCCC1CC. The largest absolute Gasteiger partial charge is 0.340 e. The molecule has 0 aromatic rings. The molecular formula is C12H24N2O. The van der Waals surface area contributed by atoms with Crippen molar-refractivity contribution in [1.29, 1.82) is 0 Å². The second kappa shape index (κ2) is 6.11. The monoisotopic (exact) mass is 212 g/mol. The zero-order chi connectivity index (χ0) is 11.3. The van der Waals surface area contributed by atoms with Gasteiger partial charge in [-0.25, -0.2) is 0 Å². The molecule has 0 aliphatic carbocycles. The topological polar surface area (TPSA) is 46.3 Å². The van der Waals surface area contributed by atoms with Crippen molar-refractivity contribution in [2.45, 2.75) is 52.0 Å². The number of likely N-dealkylation sites (tertiary alicyclic amines) is 1. The van der Waals surface area contributed by atoms with Crippen LogP contribution in [0.5, 0.6) is 0 Å². The highest BCUT2D eigenvalue weighted by Crippen LogP contribution is 2.22. The number of carbonyl (C=O) groups is 1. The minimum atomic E-state index is 0.316. The number of amides is 1. The maximum absolute atomic E-state index is 12.0. The van der Waals surface area contributed by atoms with Crippen LogP contribution in [-0.4, -0.2) is 29.9 Å². The number of nitrogens with two attached hydrogens (primary N) is 1. The molecule has 15 heavy (non-hydrogen) atoms. The molecule has 0 radical (unpaired) electrons. The average molecular weight is 212 g/mol. The van der Waals surface area contributed by atoms with E-state index in [0.29, 0.717) is 30.8 Å². The van der Waals surface area contributed by atoms with Crippen LogP contribution in [0.2, 0.25) is 0 Å². The van der Waals surface area contributed by atoms with Crippen LogP contribution < -0.4 is 5.73 Å². The van der Waals surface area contributed by atoms with E-state index in [1.807, 2.05) is 0 Å². The molecule has 0 bridgehead atoms. The molecule has 1 rings (SSSR count). The van der Waals surface area contributed by atoms with Crippen molar-refractivity contribution < 1.29 is 4.79 Å². The number of hydrogen-bond donors (Lipinski definition) is 1. The van der Waals surface area contributed by atoms with Crippen LogP contribution >= 0.6 is 0 Å². The fourth-order valence-electron chi connectivity index (χ4n) is 2.35. The molecule has 1 aliphatic heterocycles. The summed E-state index contributed by atoms with van der Waals surface area (Å²) in [5.74, 6) is 0.687. The van der Waals surface area contributed by atoms with E-state index in [-0.39, 0.29) is 0 Å². The van der Waals surface area contributed by atoms with Crippen LogP contribution in [0, 0.1) is 5.92 Å². The molecule has 0 aromatic carbocycles. The maximum atomic E-state index is 12.0. The van der Waals surface area contributed by atoms with Crippen molar-refractivity contribution in [3.8, 4) is 0 Å². The molecule has 2 N–H and O–H groups in total. The fraction of sp³-hybridized carbons (Fsp3) is 0.917. The molecule has 1 aliphatic rings. The Hall–Kier alpha value is -0.570. The molecule has 0 saturated carbocycles. The van der Waals surface area contributed by atoms with Crippen LogP contribution in [0.15, 0.2) is 0 Å². The van der Waals surface area contributed by atoms with Crippen LogP contribution in [0.4, 0.5) is 0 Å². The first kappa shape index (κ1) is 12.5. The minimum absolute atomic E-state index is 0.316. The second-order valence-electron chi connectivity index (χ2n) is 4.51. The van der Waals surface area contributed by atoms with Gasteiger partial charge in [0.1, 0.15) is 0 Å². The lowest BCUT2D eigenvalue weighted by Crippen LogP contribution is -2.36. The summed E-state index contributed by atoms with van der Waals surface area (Å²) in [4.78, 5) is 14.1. The molecule has 1 heterocycles. The van der Waals surface area contributed by atoms with Crippen LogP contribution in [0.1, 0.15) is 46.0 Å². The minimum Gasteiger partial charge on any atom is -0.340 e. The molecule has 2 atom stereocenters. The van der Waals surface area contributed by atoms with E-state index in [1.54, 1.807) is 0 Å². The van der Waals surface area contributed by atoms with Gasteiger partial charge in [0.2, 0.25) is 5.91 Å². The number of rotatable bonds is 5. The lowest BCUT2D eigenvalue weighted by Gasteiger charge is -2.25. The summed E-state index contributed by atoms with van der Waals surface area (Å²) in [6, 6.07) is 0.493. The zero-order valence-electron chi connectivity index (χ0n) is 10.0. The van der Waals surface area contributed by atoms with Crippen molar-refractivity contribution in [3.63, 3.8) is 0 Å². The first-order valence-corrected chi connectivity index (χ1v) is 6.22. The summed E-state index contributed by atoms with van der Waals surface area (Å²) >= 11 is 0. The highest BCUT2D eigenvalue weighted by molar-refractivity contribution is 5.77. The molecule has 0 aromatic heterocycles. The van der Waals surface area contributed by atoms with Crippen molar-refractivity contribution in [2.24, 2.45) is 11.7 Å². The van der Waals surface area contributed by atoms with Crippen molar-refractivity contribution >= 4 is 5.91 Å². The van der Waals surface area contributed by atoms with Gasteiger partial charge in [-0.1, -0.05) is 20.3 Å². The highest BCUT2D eigenvalue weighted by atomic mass is 16.2. The molecule has 1 amide bonds. The Kier molecular flexibility index (Phi) is 5.09. The van der Waals surface area contributed by atoms with Gasteiger partial charge in [-0.15, -0.1) is 0 Å². The normalized spacial score (nSPS) is 23.1. The third kappa shape index (κ3) is 3.20. The quantitative estimate of drug-likeness (QED) is 0.755. The Labute approximate surface area is 93.0 Å². The predicted molar refractivity (Wildman–Crippen MR) is 62.5 cm³/mol. The van der Waals surface area contributed by atoms with Gasteiger partial charge in [0, 0.05) is 19.0 Å². The summed E-state index contributed by atoms with van der Waals surface area (Å²) in [6.07, 6.45) is 5.09. The molecule has 1 saturated heterocycles. The Morgan fingerprint density at radius 1 is 1.53 bits per heavy atom. The lowest BCUT2D eigenvalue weighted by atomic mass is 10.0. The average Bonchev–Trinajstić information content (AvgIpc) is 2.73. The summed E-state index contributed by atoms with van der Waals surface area (Å²) in [7, 11) is 0. The highest BCUT2D eigenvalue weighted by Gasteiger charge is 2.27. The van der Waals surface area contributed by atoms with E-state index in [4.69, 9.17) is 5.73 Å². The summed E-state index contributed by atoms with van der Waals surface area (Å²) in [6.45, 7) is 5.85. The standard InChI is InChI=1S/C12H24N2O/c1-3-10(9-13)8-12(15)14-7-5-6-11(14)4-2/h10-11H,3-9,13H2,1-2H3. The maximum Gasteiger partial charge on any atom is 0.223 e. The Morgan fingerprint density at radius 3 is 2.80 bits per heavy atom. The van der Waals surface area contributed by atoms with Gasteiger partial charge in [0.15, 0.2) is 0 Å². The van der Waals surface area contributed by atoms with Crippen molar-refractivity contribution in [1.82, 2.24) is 4.90 Å². The molecular weight excluding hydrogens is 188 g/mol. The Bertz CT molecular complexity index is 202. The van der Waals surface area contributed by atoms with Gasteiger partial charge in [0.25, 0.3) is 0 Å². The van der Waals surface area contributed by atoms with Gasteiger partial charge >= 0.3 is 0 Å². The van der Waals surface area contributed by atoms with E-state index >= 15 is 0 Å². The Balaban J connectivity index is 2.45. The van der Waals surface area contributed by atoms with Gasteiger partial charge in [-0.3, -0.25) is 4.79 Å². The van der Waals surface area contributed by atoms with E-state index in [2.05, 4.69) is 18.7 Å². The van der Waals surface area contributed by atoms with Gasteiger partial charge in [0.05, 0.1) is 0 Å². The lowest BCUT2D eigenvalue weighted by molar-refractivity contribution is -0.133. The van der Waals surface area contributed by atoms with Crippen LogP contribution in [0.25, 0.3) is 0 Å². The number of hydrogen-bond acceptors (Lipinski definition) is 2. The molecule has 3 nitrogen and oxygen atoms in total. The summed E-state index contributed by atoms with van der Waals surface area (Å²) < 4.78 is 0. The van der Waals surface area contributed by atoms with Crippen molar-refractivity contribution in [3.05, 3.63) is 0 Å². The summed E-state index contributed by atoms with van der Waals surface area (Å²) in [5, 5.41) is 0. The summed E-state index contributed by atoms with van der Waals surface area (Å²) in [5.41, 5.74) is 5.63. The molecule has 3 heteroatoms. The van der Waals surface area contributed by atoms with E-state index in [0.717, 1.165) is 19.4 Å². The number of nitrogens with zero attached hydrogens (tertiary/aromatic N) is 1. The van der Waals surface area contributed by atoms with E-state index in [1.165, 1.54) is 12.8 Å². The van der Waals surface area contributed by atoms with Crippen LogP contribution in [0.3, 0.4) is 0 Å². The van der Waals surface area contributed by atoms with Crippen molar-refractivity contribution in [2.75, 3.05) is 13.1 Å². The third-order valence-corrected chi connectivity index (χ3v) is 3.54. The van der Waals surface area contributed by atoms with Gasteiger partial charge in [-0.05, 0) is 31.7 Å². The first-order chi connectivity index (χ1) is 7.22. The fourth-order valence-corrected chi connectivity index (χ4v) is 2.35.